The number of pyridine rings is 1. The number of hydrogen-bond acceptors (Lipinski definition) is 7. The molecule has 0 radical (unpaired) electrons. The number of nitrogens with one attached hydrogen (secondary N) is 1. The second-order valence-corrected chi connectivity index (χ2v) is 12.2. The van der Waals surface area contributed by atoms with Gasteiger partial charge in [-0.1, -0.05) is 0 Å². The Morgan fingerprint density at radius 3 is 2.44 bits per heavy atom. The van der Waals surface area contributed by atoms with Crippen LogP contribution in [-0.4, -0.2) is 42.6 Å². The molecule has 1 N–H and O–H groups in total. The Labute approximate surface area is 216 Å². The van der Waals surface area contributed by atoms with Crippen LogP contribution in [0.4, 0.5) is 4.39 Å². The fourth-order valence-electron chi connectivity index (χ4n) is 5.44. The topological polar surface area (TPSA) is 98.9 Å². The van der Waals surface area contributed by atoms with Crippen LogP contribution in [0.1, 0.15) is 66.2 Å². The van der Waals surface area contributed by atoms with E-state index in [9.17, 15) is 18.8 Å². The molecule has 5 rings (SSSR count). The lowest BCUT2D eigenvalue weighted by molar-refractivity contribution is -0.121. The Morgan fingerprint density at radius 1 is 1.08 bits per heavy atom. The average Bonchev–Trinajstić information content (AvgIpc) is 3.17. The molecule has 8 nitrogen and oxygen atoms in total. The summed E-state index contributed by atoms with van der Waals surface area (Å²) in [5, 5.41) is 4.21. The van der Waals surface area contributed by atoms with E-state index in [-0.39, 0.29) is 40.8 Å². The number of thiazole rings is 1. The summed E-state index contributed by atoms with van der Waals surface area (Å²) in [4.78, 5) is 49.2. The first-order valence-electron chi connectivity index (χ1n) is 12.4. The Bertz CT molecular complexity index is 1400. The van der Waals surface area contributed by atoms with Gasteiger partial charge in [0.2, 0.25) is 5.91 Å². The maximum Gasteiger partial charge on any atom is 0.333 e. The van der Waals surface area contributed by atoms with Gasteiger partial charge < -0.3 is 5.32 Å². The normalized spacial score (nSPS) is 21.1. The summed E-state index contributed by atoms with van der Waals surface area (Å²) in [5.41, 5.74) is 0.332. The summed E-state index contributed by atoms with van der Waals surface area (Å²) in [7, 11) is 0. The largest absolute Gasteiger partial charge is 0.353 e. The first-order valence-corrected chi connectivity index (χ1v) is 14.4. The number of amides is 1. The molecule has 1 saturated carbocycles. The van der Waals surface area contributed by atoms with E-state index in [4.69, 9.17) is 0 Å². The molecule has 192 valence electrons. The third-order valence-electron chi connectivity index (χ3n) is 7.23. The van der Waals surface area contributed by atoms with Crippen molar-refractivity contribution in [3.8, 4) is 0 Å². The number of fused-ring (bicyclic) bond motifs is 1. The first kappa shape index (κ1) is 25.1. The molecule has 11 heteroatoms. The molecule has 1 aliphatic heterocycles. The average molecular weight is 532 g/mol. The Kier molecular flexibility index (Phi) is 7.30. The molecule has 4 heterocycles. The zero-order chi connectivity index (χ0) is 25.4. The molecular weight excluding hydrogens is 501 g/mol. The molecule has 0 aromatic carbocycles. The molecule has 0 atom stereocenters. The molecule has 36 heavy (non-hydrogen) atoms. The number of aryl methyl sites for hydroxylation is 2. The van der Waals surface area contributed by atoms with E-state index in [1.807, 2.05) is 25.6 Å². The molecular formula is C25H30FN5O3S2. The van der Waals surface area contributed by atoms with Crippen molar-refractivity contribution in [2.75, 3.05) is 11.5 Å². The number of thioether (sulfide) groups is 1. The quantitative estimate of drug-likeness (QED) is 0.539. The zero-order valence-corrected chi connectivity index (χ0v) is 22.1. The van der Waals surface area contributed by atoms with Crippen LogP contribution in [-0.2, 0) is 11.2 Å². The summed E-state index contributed by atoms with van der Waals surface area (Å²) in [6.07, 6.45) is 5.53. The standard InChI is InChI=1S/C25H30FN5O3S2/c1-14-21(36-15(2)28-14)12-22(32)29-17-3-5-18(6-4-17)31-24(33)20-11-16(26)13-27-23(20)30(25(31)34)19-7-9-35-10-8-19/h11,13,17-19H,3-10,12H2,1-2H3,(H,29,32)/t17-,18+. The highest BCUT2D eigenvalue weighted by atomic mass is 32.2. The van der Waals surface area contributed by atoms with E-state index in [1.54, 1.807) is 15.9 Å². The van der Waals surface area contributed by atoms with Crippen LogP contribution in [0.5, 0.6) is 0 Å². The molecule has 0 bridgehead atoms. The summed E-state index contributed by atoms with van der Waals surface area (Å²) in [6, 6.07) is 0.849. The Morgan fingerprint density at radius 2 is 1.78 bits per heavy atom. The highest BCUT2D eigenvalue weighted by Gasteiger charge is 2.29. The van der Waals surface area contributed by atoms with E-state index >= 15 is 0 Å². The summed E-state index contributed by atoms with van der Waals surface area (Å²) in [6.45, 7) is 3.85. The SMILES string of the molecule is Cc1nc(C)c(CC(=O)N[C@H]2CC[C@@H](n3c(=O)c4cc(F)cnc4n(C4CCSCC4)c3=O)CC2)s1. The Balaban J connectivity index is 1.37. The first-order chi connectivity index (χ1) is 17.3. The predicted molar refractivity (Wildman–Crippen MR) is 141 cm³/mol. The third kappa shape index (κ3) is 5.00. The monoisotopic (exact) mass is 531 g/mol. The molecule has 2 aliphatic rings. The van der Waals surface area contributed by atoms with Crippen LogP contribution in [0.15, 0.2) is 21.9 Å². The lowest BCUT2D eigenvalue weighted by atomic mass is 9.90. The van der Waals surface area contributed by atoms with Gasteiger partial charge in [0.25, 0.3) is 5.56 Å². The van der Waals surface area contributed by atoms with Crippen LogP contribution in [0, 0.1) is 19.7 Å². The number of halogens is 1. The zero-order valence-electron chi connectivity index (χ0n) is 20.5. The van der Waals surface area contributed by atoms with Crippen molar-refractivity contribution in [2.45, 2.75) is 76.9 Å². The summed E-state index contributed by atoms with van der Waals surface area (Å²) < 4.78 is 17.0. The lowest BCUT2D eigenvalue weighted by Crippen LogP contribution is -2.46. The molecule has 0 unspecified atom stereocenters. The van der Waals surface area contributed by atoms with Gasteiger partial charge in [0, 0.05) is 23.0 Å². The summed E-state index contributed by atoms with van der Waals surface area (Å²) >= 11 is 3.39. The summed E-state index contributed by atoms with van der Waals surface area (Å²) in [5.74, 6) is 1.25. The molecule has 2 fully saturated rings. The van der Waals surface area contributed by atoms with Crippen molar-refractivity contribution in [1.82, 2.24) is 24.4 Å². The van der Waals surface area contributed by atoms with Crippen LogP contribution in [0.3, 0.4) is 0 Å². The van der Waals surface area contributed by atoms with Gasteiger partial charge in [0.05, 0.1) is 28.7 Å². The van der Waals surface area contributed by atoms with Gasteiger partial charge in [0.15, 0.2) is 0 Å². The van der Waals surface area contributed by atoms with Crippen LogP contribution < -0.4 is 16.6 Å². The fraction of sp³-hybridized carbons (Fsp3) is 0.560. The molecule has 1 amide bonds. The minimum absolute atomic E-state index is 0.00376. The fourth-order valence-corrected chi connectivity index (χ4v) is 7.46. The van der Waals surface area contributed by atoms with Crippen molar-refractivity contribution in [1.29, 1.82) is 0 Å². The lowest BCUT2D eigenvalue weighted by Gasteiger charge is -2.31. The van der Waals surface area contributed by atoms with E-state index in [0.717, 1.165) is 46.1 Å². The third-order valence-corrected chi connectivity index (χ3v) is 9.35. The Hall–Kier alpha value is -2.53. The molecule has 0 spiro atoms. The second-order valence-electron chi connectivity index (χ2n) is 9.69. The predicted octanol–water partition coefficient (Wildman–Crippen LogP) is 3.68. The van der Waals surface area contributed by atoms with E-state index in [0.29, 0.717) is 32.1 Å². The van der Waals surface area contributed by atoms with Gasteiger partial charge in [-0.05, 0) is 69.9 Å². The number of carbonyl (C=O) groups excluding carboxylic acids is 1. The van der Waals surface area contributed by atoms with Crippen molar-refractivity contribution >= 4 is 40.0 Å². The number of hydrogen-bond donors (Lipinski definition) is 1. The molecule has 3 aromatic heterocycles. The van der Waals surface area contributed by atoms with Gasteiger partial charge in [-0.15, -0.1) is 11.3 Å². The van der Waals surface area contributed by atoms with Crippen LogP contribution >= 0.6 is 23.1 Å². The molecule has 1 aliphatic carbocycles. The van der Waals surface area contributed by atoms with Crippen molar-refractivity contribution in [2.24, 2.45) is 0 Å². The number of aromatic nitrogens is 4. The smallest absolute Gasteiger partial charge is 0.333 e. The van der Waals surface area contributed by atoms with Crippen molar-refractivity contribution < 1.29 is 9.18 Å². The van der Waals surface area contributed by atoms with E-state index in [1.165, 1.54) is 10.6 Å². The van der Waals surface area contributed by atoms with Gasteiger partial charge in [-0.3, -0.25) is 18.7 Å². The molecule has 3 aromatic rings. The number of carbonyl (C=O) groups is 1. The van der Waals surface area contributed by atoms with Gasteiger partial charge in [-0.2, -0.15) is 11.8 Å². The van der Waals surface area contributed by atoms with E-state index in [2.05, 4.69) is 15.3 Å². The highest BCUT2D eigenvalue weighted by molar-refractivity contribution is 7.99. The minimum atomic E-state index is -0.589. The minimum Gasteiger partial charge on any atom is -0.353 e. The highest BCUT2D eigenvalue weighted by Crippen LogP contribution is 2.30. The van der Waals surface area contributed by atoms with E-state index < -0.39 is 11.4 Å². The van der Waals surface area contributed by atoms with Gasteiger partial charge in [-0.25, -0.2) is 19.2 Å². The van der Waals surface area contributed by atoms with Crippen molar-refractivity contribution in [3.05, 3.63) is 54.5 Å². The van der Waals surface area contributed by atoms with Gasteiger partial charge >= 0.3 is 5.69 Å². The molecule has 1 saturated heterocycles. The number of nitrogens with zero attached hydrogens (tertiary/aromatic N) is 4. The second kappa shape index (κ2) is 10.5. The van der Waals surface area contributed by atoms with Crippen molar-refractivity contribution in [3.63, 3.8) is 0 Å². The van der Waals surface area contributed by atoms with Crippen LogP contribution in [0.2, 0.25) is 0 Å². The maximum atomic E-state index is 14.1. The van der Waals surface area contributed by atoms with Gasteiger partial charge in [0.1, 0.15) is 11.5 Å². The number of rotatable bonds is 5. The van der Waals surface area contributed by atoms with Crippen LogP contribution in [0.25, 0.3) is 11.0 Å². The maximum absolute atomic E-state index is 14.1.